The van der Waals surface area contributed by atoms with Crippen molar-refractivity contribution in [2.75, 3.05) is 18.4 Å². The number of pyridine rings is 1. The number of benzene rings is 1. The fourth-order valence-electron chi connectivity index (χ4n) is 3.76. The number of piperidine rings is 1. The highest BCUT2D eigenvalue weighted by Gasteiger charge is 2.25. The second-order valence-corrected chi connectivity index (χ2v) is 9.35. The lowest BCUT2D eigenvalue weighted by Crippen LogP contribution is -2.41. The number of urea groups is 1. The van der Waals surface area contributed by atoms with Gasteiger partial charge in [0, 0.05) is 43.1 Å². The SMILES string of the molecule is O=C(Nc1ccc(Oc2ccnc3cc(C(=O)N4CCCC(O)C4)sc23)c(F)c1)NC1CC1. The topological polar surface area (TPSA) is 104 Å². The smallest absolute Gasteiger partial charge is 0.319 e. The van der Waals surface area contributed by atoms with Crippen LogP contribution in [0.5, 0.6) is 11.5 Å². The molecule has 2 aromatic heterocycles. The number of amides is 3. The van der Waals surface area contributed by atoms with E-state index in [9.17, 15) is 19.1 Å². The van der Waals surface area contributed by atoms with Crippen molar-refractivity contribution in [2.24, 2.45) is 0 Å². The summed E-state index contributed by atoms with van der Waals surface area (Å²) >= 11 is 1.23. The molecule has 1 unspecified atom stereocenters. The molecule has 0 radical (unpaired) electrons. The van der Waals surface area contributed by atoms with Crippen molar-refractivity contribution < 1.29 is 23.8 Å². The summed E-state index contributed by atoms with van der Waals surface area (Å²) in [5.74, 6) is -0.405. The first-order valence-corrected chi connectivity index (χ1v) is 11.7. The number of nitrogens with zero attached hydrogens (tertiary/aromatic N) is 2. The highest BCUT2D eigenvalue weighted by atomic mass is 32.1. The van der Waals surface area contributed by atoms with E-state index < -0.39 is 11.9 Å². The van der Waals surface area contributed by atoms with Gasteiger partial charge in [0.2, 0.25) is 0 Å². The summed E-state index contributed by atoms with van der Waals surface area (Å²) < 4.78 is 21.1. The average molecular weight is 471 g/mol. The Bertz CT molecular complexity index is 1210. The van der Waals surface area contributed by atoms with Gasteiger partial charge >= 0.3 is 6.03 Å². The molecule has 172 valence electrons. The lowest BCUT2D eigenvalue weighted by Gasteiger charge is -2.29. The van der Waals surface area contributed by atoms with Crippen LogP contribution in [0.15, 0.2) is 36.5 Å². The van der Waals surface area contributed by atoms with Crippen molar-refractivity contribution in [3.63, 3.8) is 0 Å². The van der Waals surface area contributed by atoms with E-state index in [1.54, 1.807) is 29.3 Å². The molecule has 3 amide bonds. The third-order valence-corrected chi connectivity index (χ3v) is 6.72. The van der Waals surface area contributed by atoms with E-state index in [1.807, 2.05) is 0 Å². The standard InChI is InChI=1S/C23H23FN4O4S/c24-16-10-14(27-23(31)26-13-3-4-13)5-6-18(16)32-19-7-8-25-17-11-20(33-21(17)19)22(30)28-9-1-2-15(29)12-28/h5-8,10-11,13,15,29H,1-4,9,12H2,(H2,26,27,31). The Labute approximate surface area is 193 Å². The van der Waals surface area contributed by atoms with E-state index in [-0.39, 0.29) is 23.7 Å². The van der Waals surface area contributed by atoms with Crippen LogP contribution >= 0.6 is 11.3 Å². The fraction of sp³-hybridized carbons (Fsp3) is 0.348. The summed E-state index contributed by atoms with van der Waals surface area (Å²) in [4.78, 5) is 31.2. The minimum absolute atomic E-state index is 0.00363. The van der Waals surface area contributed by atoms with Crippen molar-refractivity contribution in [3.05, 3.63) is 47.2 Å². The third-order valence-electron chi connectivity index (χ3n) is 5.59. The van der Waals surface area contributed by atoms with E-state index in [1.165, 1.54) is 23.5 Å². The van der Waals surface area contributed by atoms with Crippen molar-refractivity contribution in [1.82, 2.24) is 15.2 Å². The van der Waals surface area contributed by atoms with Gasteiger partial charge in [0.1, 0.15) is 5.75 Å². The van der Waals surface area contributed by atoms with Crippen LogP contribution in [0, 0.1) is 5.82 Å². The van der Waals surface area contributed by atoms with Crippen LogP contribution in [0.25, 0.3) is 10.2 Å². The molecule has 1 saturated carbocycles. The Balaban J connectivity index is 1.33. The number of aromatic nitrogens is 1. The van der Waals surface area contributed by atoms with Gasteiger partial charge in [-0.25, -0.2) is 9.18 Å². The summed E-state index contributed by atoms with van der Waals surface area (Å²) in [6.45, 7) is 0.916. The quantitative estimate of drug-likeness (QED) is 0.521. The van der Waals surface area contributed by atoms with E-state index >= 15 is 0 Å². The van der Waals surface area contributed by atoms with Crippen LogP contribution in [0.2, 0.25) is 0 Å². The van der Waals surface area contributed by atoms with Gasteiger partial charge < -0.3 is 25.4 Å². The van der Waals surface area contributed by atoms with Gasteiger partial charge in [-0.2, -0.15) is 0 Å². The molecule has 1 atom stereocenters. The molecule has 10 heteroatoms. The molecule has 5 rings (SSSR count). The minimum atomic E-state index is -0.626. The zero-order valence-corrected chi connectivity index (χ0v) is 18.5. The van der Waals surface area contributed by atoms with Crippen molar-refractivity contribution >= 4 is 39.2 Å². The average Bonchev–Trinajstić information content (AvgIpc) is 3.49. The number of nitrogens with one attached hydrogen (secondary N) is 2. The van der Waals surface area contributed by atoms with Gasteiger partial charge in [0.05, 0.1) is 21.2 Å². The van der Waals surface area contributed by atoms with Gasteiger partial charge in [-0.1, -0.05) is 0 Å². The second kappa shape index (κ2) is 8.95. The fourth-order valence-corrected chi connectivity index (χ4v) is 4.79. The van der Waals surface area contributed by atoms with Gasteiger partial charge in [-0.3, -0.25) is 9.78 Å². The molecule has 2 fully saturated rings. The number of aliphatic hydroxyl groups excluding tert-OH is 1. The molecule has 1 saturated heterocycles. The monoisotopic (exact) mass is 470 g/mol. The highest BCUT2D eigenvalue weighted by molar-refractivity contribution is 7.21. The summed E-state index contributed by atoms with van der Waals surface area (Å²) in [7, 11) is 0. The van der Waals surface area contributed by atoms with Crippen LogP contribution < -0.4 is 15.4 Å². The van der Waals surface area contributed by atoms with Crippen LogP contribution in [0.3, 0.4) is 0 Å². The predicted octanol–water partition coefficient (Wildman–Crippen LogP) is 4.11. The number of β-amino-alcohol motifs (C(OH)–C–C–N with tert-alkyl or cyclic N) is 1. The number of halogens is 1. The molecule has 3 heterocycles. The van der Waals surface area contributed by atoms with Crippen LogP contribution in [-0.2, 0) is 0 Å². The molecule has 1 aliphatic heterocycles. The Morgan fingerprint density at radius 2 is 2.03 bits per heavy atom. The number of aliphatic hydroxyl groups is 1. The van der Waals surface area contributed by atoms with E-state index in [0.717, 1.165) is 19.3 Å². The van der Waals surface area contributed by atoms with Crippen molar-refractivity contribution in [1.29, 1.82) is 0 Å². The van der Waals surface area contributed by atoms with E-state index in [0.29, 0.717) is 46.0 Å². The molecule has 0 bridgehead atoms. The molecule has 0 spiro atoms. The Morgan fingerprint density at radius 3 is 2.79 bits per heavy atom. The zero-order valence-electron chi connectivity index (χ0n) is 17.7. The van der Waals surface area contributed by atoms with E-state index in [2.05, 4.69) is 15.6 Å². The summed E-state index contributed by atoms with van der Waals surface area (Å²) in [5.41, 5.74) is 0.902. The number of rotatable bonds is 5. The van der Waals surface area contributed by atoms with Crippen LogP contribution in [-0.4, -0.2) is 52.2 Å². The Morgan fingerprint density at radius 1 is 1.18 bits per heavy atom. The number of ether oxygens (including phenoxy) is 1. The van der Waals surface area contributed by atoms with Gasteiger partial charge in [0.15, 0.2) is 11.6 Å². The number of hydrogen-bond acceptors (Lipinski definition) is 6. The third kappa shape index (κ3) is 4.91. The van der Waals surface area contributed by atoms with Crippen LogP contribution in [0.4, 0.5) is 14.9 Å². The molecule has 2 aliphatic rings. The van der Waals surface area contributed by atoms with Gasteiger partial charge in [0.25, 0.3) is 5.91 Å². The molecule has 8 nitrogen and oxygen atoms in total. The summed E-state index contributed by atoms with van der Waals surface area (Å²) in [5, 5.41) is 15.3. The number of carbonyl (C=O) groups excluding carboxylic acids is 2. The molecule has 1 aromatic carbocycles. The largest absolute Gasteiger partial charge is 0.453 e. The minimum Gasteiger partial charge on any atom is -0.453 e. The molecule has 33 heavy (non-hydrogen) atoms. The van der Waals surface area contributed by atoms with Gasteiger partial charge in [-0.05, 0) is 43.9 Å². The number of hydrogen-bond donors (Lipinski definition) is 3. The Kier molecular flexibility index (Phi) is 5.86. The first kappa shape index (κ1) is 21.6. The maximum absolute atomic E-state index is 14.7. The Hall–Kier alpha value is -3.24. The first-order valence-electron chi connectivity index (χ1n) is 10.9. The normalized spacial score (nSPS) is 18.2. The lowest BCUT2D eigenvalue weighted by atomic mass is 10.1. The second-order valence-electron chi connectivity index (χ2n) is 8.30. The van der Waals surface area contributed by atoms with Gasteiger partial charge in [-0.15, -0.1) is 11.3 Å². The molecule has 1 aliphatic carbocycles. The molecular formula is C23H23FN4O4S. The van der Waals surface area contributed by atoms with E-state index in [4.69, 9.17) is 4.74 Å². The summed E-state index contributed by atoms with van der Waals surface area (Å²) in [6, 6.07) is 7.36. The van der Waals surface area contributed by atoms with Crippen molar-refractivity contribution in [2.45, 2.75) is 37.8 Å². The maximum atomic E-state index is 14.7. The molecule has 3 aromatic rings. The summed E-state index contributed by atoms with van der Waals surface area (Å²) in [6.07, 6.45) is 4.42. The first-order chi connectivity index (χ1) is 16.0. The number of fused-ring (bicyclic) bond motifs is 1. The predicted molar refractivity (Wildman–Crippen MR) is 122 cm³/mol. The van der Waals surface area contributed by atoms with Crippen molar-refractivity contribution in [3.8, 4) is 11.5 Å². The lowest BCUT2D eigenvalue weighted by molar-refractivity contribution is 0.0478. The van der Waals surface area contributed by atoms with Crippen LogP contribution in [0.1, 0.15) is 35.4 Å². The number of anilines is 1. The maximum Gasteiger partial charge on any atom is 0.319 e. The number of thiophene rings is 1. The number of likely N-dealkylation sites (tertiary alicyclic amines) is 1. The highest BCUT2D eigenvalue weighted by Crippen LogP contribution is 2.36. The molecular weight excluding hydrogens is 447 g/mol. The molecule has 3 N–H and O–H groups in total. The number of carbonyl (C=O) groups is 2. The zero-order chi connectivity index (χ0) is 22.9.